The maximum Gasteiger partial charge on any atom is 0.407 e. The quantitative estimate of drug-likeness (QED) is 0.407. The number of aliphatic hydroxyl groups is 1. The Labute approximate surface area is 208 Å². The SMILES string of the molecule is COc1cccc(N[C@H](C(=O)OCc2ccccc2)C(C)C)c1CC(CO)NC(=O)OC(C)(C)C. The molecule has 0 fully saturated rings. The van der Waals surface area contributed by atoms with Gasteiger partial charge in [0.25, 0.3) is 0 Å². The molecular formula is C27H38N2O6. The number of hydrogen-bond acceptors (Lipinski definition) is 7. The van der Waals surface area contributed by atoms with Crippen molar-refractivity contribution in [1.82, 2.24) is 5.32 Å². The molecule has 0 aliphatic carbocycles. The lowest BCUT2D eigenvalue weighted by Gasteiger charge is -2.26. The van der Waals surface area contributed by atoms with E-state index in [1.165, 1.54) is 0 Å². The highest BCUT2D eigenvalue weighted by atomic mass is 16.6. The summed E-state index contributed by atoms with van der Waals surface area (Å²) in [5, 5.41) is 15.9. The molecule has 0 heterocycles. The molecule has 8 nitrogen and oxygen atoms in total. The molecule has 0 saturated carbocycles. The van der Waals surface area contributed by atoms with Crippen LogP contribution in [0.3, 0.4) is 0 Å². The van der Waals surface area contributed by atoms with Gasteiger partial charge in [-0.1, -0.05) is 50.2 Å². The lowest BCUT2D eigenvalue weighted by atomic mass is 10.00. The molecule has 2 aromatic rings. The van der Waals surface area contributed by atoms with Gasteiger partial charge >= 0.3 is 12.1 Å². The average Bonchev–Trinajstić information content (AvgIpc) is 2.80. The number of benzene rings is 2. The lowest BCUT2D eigenvalue weighted by molar-refractivity contribution is -0.146. The molecule has 2 rings (SSSR count). The van der Waals surface area contributed by atoms with Crippen molar-refractivity contribution in [3.05, 3.63) is 59.7 Å². The third-order valence-electron chi connectivity index (χ3n) is 5.20. The van der Waals surface area contributed by atoms with Crippen molar-refractivity contribution in [3.8, 4) is 5.75 Å². The molecular weight excluding hydrogens is 448 g/mol. The Hall–Kier alpha value is -3.26. The standard InChI is InChI=1S/C27H38N2O6/c1-18(2)24(25(31)34-17-19-11-8-7-9-12-19)29-22-13-10-14-23(33-6)21(22)15-20(16-30)28-26(32)35-27(3,4)5/h7-14,18,20,24,29-30H,15-17H2,1-6H3,(H,28,32)/t20?,24-/m0/s1. The maximum absolute atomic E-state index is 13.0. The van der Waals surface area contributed by atoms with Gasteiger partial charge in [0.15, 0.2) is 0 Å². The predicted molar refractivity (Wildman–Crippen MR) is 135 cm³/mol. The van der Waals surface area contributed by atoms with Crippen LogP contribution in [0.4, 0.5) is 10.5 Å². The molecule has 0 aliphatic rings. The van der Waals surface area contributed by atoms with E-state index < -0.39 is 23.8 Å². The number of carbonyl (C=O) groups excluding carboxylic acids is 2. The molecule has 0 saturated heterocycles. The van der Waals surface area contributed by atoms with Crippen LogP contribution in [0.1, 0.15) is 45.7 Å². The lowest BCUT2D eigenvalue weighted by Crippen LogP contribution is -2.42. The summed E-state index contributed by atoms with van der Waals surface area (Å²) in [7, 11) is 1.55. The second-order valence-electron chi connectivity index (χ2n) is 9.68. The average molecular weight is 487 g/mol. The fraction of sp³-hybridized carbons (Fsp3) is 0.481. The molecule has 0 bridgehead atoms. The summed E-state index contributed by atoms with van der Waals surface area (Å²) in [6, 6.07) is 13.7. The van der Waals surface area contributed by atoms with Crippen molar-refractivity contribution in [1.29, 1.82) is 0 Å². The minimum atomic E-state index is -0.661. The van der Waals surface area contributed by atoms with Gasteiger partial charge in [-0.25, -0.2) is 9.59 Å². The molecule has 1 unspecified atom stereocenters. The van der Waals surface area contributed by atoms with Gasteiger partial charge in [0.1, 0.15) is 24.0 Å². The molecule has 0 spiro atoms. The Morgan fingerprint density at radius 3 is 2.29 bits per heavy atom. The van der Waals surface area contributed by atoms with Gasteiger partial charge in [0.05, 0.1) is 19.8 Å². The summed E-state index contributed by atoms with van der Waals surface area (Å²) in [6.45, 7) is 9.05. The molecule has 0 aliphatic heterocycles. The van der Waals surface area contributed by atoms with Crippen LogP contribution in [0.5, 0.6) is 5.75 Å². The Bertz CT molecular complexity index is 956. The third kappa shape index (κ3) is 9.13. The van der Waals surface area contributed by atoms with Crippen LogP contribution in [0.2, 0.25) is 0 Å². The van der Waals surface area contributed by atoms with Crippen LogP contribution >= 0.6 is 0 Å². The van der Waals surface area contributed by atoms with Crippen molar-refractivity contribution in [2.75, 3.05) is 19.0 Å². The van der Waals surface area contributed by atoms with Crippen LogP contribution < -0.4 is 15.4 Å². The summed E-state index contributed by atoms with van der Waals surface area (Å²) in [6.07, 6.45) is -0.364. The number of rotatable bonds is 11. The smallest absolute Gasteiger partial charge is 0.407 e. The van der Waals surface area contributed by atoms with E-state index in [0.717, 1.165) is 5.56 Å². The molecule has 2 atom stereocenters. The normalized spacial score (nSPS) is 13.0. The molecule has 192 valence electrons. The number of aliphatic hydroxyl groups excluding tert-OH is 1. The van der Waals surface area contributed by atoms with Gasteiger partial charge in [0.2, 0.25) is 0 Å². The summed E-state index contributed by atoms with van der Waals surface area (Å²) < 4.78 is 16.4. The Balaban J connectivity index is 2.20. The number of carbonyl (C=O) groups is 2. The van der Waals surface area contributed by atoms with E-state index in [-0.39, 0.29) is 31.5 Å². The fourth-order valence-electron chi connectivity index (χ4n) is 3.47. The van der Waals surface area contributed by atoms with Gasteiger partial charge in [-0.2, -0.15) is 0 Å². The number of hydrogen-bond donors (Lipinski definition) is 3. The Kier molecular flexibility index (Phi) is 10.4. The number of nitrogens with one attached hydrogen (secondary N) is 2. The van der Waals surface area contributed by atoms with Gasteiger partial charge in [-0.05, 0) is 44.4 Å². The number of alkyl carbamates (subject to hydrolysis) is 1. The molecule has 0 radical (unpaired) electrons. The van der Waals surface area contributed by atoms with E-state index in [1.807, 2.05) is 56.3 Å². The highest BCUT2D eigenvalue weighted by Crippen LogP contribution is 2.29. The van der Waals surface area contributed by atoms with E-state index in [1.54, 1.807) is 33.9 Å². The Morgan fingerprint density at radius 1 is 1.03 bits per heavy atom. The van der Waals surface area contributed by atoms with Crippen LogP contribution in [-0.2, 0) is 27.3 Å². The van der Waals surface area contributed by atoms with Crippen LogP contribution in [-0.4, -0.2) is 48.6 Å². The molecule has 2 aromatic carbocycles. The van der Waals surface area contributed by atoms with E-state index >= 15 is 0 Å². The van der Waals surface area contributed by atoms with Gasteiger partial charge in [-0.3, -0.25) is 0 Å². The van der Waals surface area contributed by atoms with Gasteiger partial charge in [0, 0.05) is 17.7 Å². The minimum Gasteiger partial charge on any atom is -0.496 e. The zero-order valence-corrected chi connectivity index (χ0v) is 21.5. The molecule has 35 heavy (non-hydrogen) atoms. The first kappa shape index (κ1) is 28.0. The Morgan fingerprint density at radius 2 is 1.71 bits per heavy atom. The number of ether oxygens (including phenoxy) is 3. The number of anilines is 1. The summed E-state index contributed by atoms with van der Waals surface area (Å²) in [5.74, 6) is 0.133. The topological polar surface area (TPSA) is 106 Å². The summed E-state index contributed by atoms with van der Waals surface area (Å²) >= 11 is 0. The predicted octanol–water partition coefficient (Wildman–Crippen LogP) is 4.30. The maximum atomic E-state index is 13.0. The molecule has 1 amide bonds. The summed E-state index contributed by atoms with van der Waals surface area (Å²) in [5.41, 5.74) is 1.62. The first-order valence-electron chi connectivity index (χ1n) is 11.8. The van der Waals surface area contributed by atoms with Crippen molar-refractivity contribution in [3.63, 3.8) is 0 Å². The largest absolute Gasteiger partial charge is 0.496 e. The third-order valence-corrected chi connectivity index (χ3v) is 5.20. The van der Waals surface area contributed by atoms with Crippen LogP contribution in [0.25, 0.3) is 0 Å². The number of esters is 1. The van der Waals surface area contributed by atoms with Crippen LogP contribution in [0.15, 0.2) is 48.5 Å². The van der Waals surface area contributed by atoms with Crippen molar-refractivity contribution in [2.45, 2.75) is 65.3 Å². The highest BCUT2D eigenvalue weighted by Gasteiger charge is 2.27. The molecule has 8 heteroatoms. The number of methoxy groups -OCH3 is 1. The van der Waals surface area contributed by atoms with Crippen molar-refractivity contribution < 1.29 is 28.9 Å². The van der Waals surface area contributed by atoms with Gasteiger partial charge in [-0.15, -0.1) is 0 Å². The second-order valence-corrected chi connectivity index (χ2v) is 9.68. The van der Waals surface area contributed by atoms with E-state index in [9.17, 15) is 14.7 Å². The first-order chi connectivity index (χ1) is 16.5. The van der Waals surface area contributed by atoms with E-state index in [2.05, 4.69) is 10.6 Å². The molecule has 0 aromatic heterocycles. The fourth-order valence-corrected chi connectivity index (χ4v) is 3.47. The first-order valence-corrected chi connectivity index (χ1v) is 11.8. The molecule has 3 N–H and O–H groups in total. The monoisotopic (exact) mass is 486 g/mol. The van der Waals surface area contributed by atoms with Crippen LogP contribution in [0, 0.1) is 5.92 Å². The summed E-state index contributed by atoms with van der Waals surface area (Å²) in [4.78, 5) is 25.2. The van der Waals surface area contributed by atoms with E-state index in [0.29, 0.717) is 17.0 Å². The minimum absolute atomic E-state index is 0.0640. The van der Waals surface area contributed by atoms with Crippen molar-refractivity contribution in [2.24, 2.45) is 5.92 Å². The zero-order chi connectivity index (χ0) is 26.0. The number of amides is 1. The highest BCUT2D eigenvalue weighted by molar-refractivity contribution is 5.80. The van der Waals surface area contributed by atoms with E-state index in [4.69, 9.17) is 14.2 Å². The van der Waals surface area contributed by atoms with Crippen molar-refractivity contribution >= 4 is 17.7 Å². The zero-order valence-electron chi connectivity index (χ0n) is 21.5. The second kappa shape index (κ2) is 13.0. The van der Waals surface area contributed by atoms with Gasteiger partial charge < -0.3 is 30.0 Å².